The van der Waals surface area contributed by atoms with E-state index in [4.69, 9.17) is 0 Å². The number of aliphatic hydroxyl groups excluding tert-OH is 1. The second kappa shape index (κ2) is 4.46. The highest BCUT2D eigenvalue weighted by molar-refractivity contribution is 9.10. The van der Waals surface area contributed by atoms with Gasteiger partial charge in [0.1, 0.15) is 0 Å². The van der Waals surface area contributed by atoms with Crippen LogP contribution in [0.1, 0.15) is 30.6 Å². The maximum atomic E-state index is 10.7. The molecule has 0 amide bonds. The molecule has 3 atom stereocenters. The molecule has 0 heterocycles. The molecule has 0 saturated heterocycles. The fraction of sp³-hybridized carbons (Fsp3) is 0.294. The van der Waals surface area contributed by atoms with E-state index in [1.54, 1.807) is 0 Å². The lowest BCUT2D eigenvalue weighted by molar-refractivity contribution is 0.161. The van der Waals surface area contributed by atoms with Crippen molar-refractivity contribution in [2.24, 2.45) is 0 Å². The number of hydrogen-bond donors (Lipinski definition) is 1. The van der Waals surface area contributed by atoms with Crippen LogP contribution in [-0.2, 0) is 5.41 Å². The minimum atomic E-state index is -0.487. The van der Waals surface area contributed by atoms with Gasteiger partial charge in [0.25, 0.3) is 0 Å². The minimum absolute atomic E-state index is 0.0104. The molecule has 0 aliphatic heterocycles. The first-order chi connectivity index (χ1) is 9.08. The number of benzene rings is 2. The Kier molecular flexibility index (Phi) is 3.03. The van der Waals surface area contributed by atoms with Gasteiger partial charge in [-0.05, 0) is 17.5 Å². The fourth-order valence-electron chi connectivity index (χ4n) is 2.92. The zero-order valence-electron chi connectivity index (χ0n) is 10.9. The van der Waals surface area contributed by atoms with Gasteiger partial charge in [-0.15, -0.1) is 0 Å². The summed E-state index contributed by atoms with van der Waals surface area (Å²) < 4.78 is -0.261. The predicted octanol–water partition coefficient (Wildman–Crippen LogP) is 4.22. The monoisotopic (exact) mass is 316 g/mol. The molecule has 2 heteroatoms. The maximum absolute atomic E-state index is 10.7. The third-order valence-corrected chi connectivity index (χ3v) is 5.95. The third kappa shape index (κ3) is 1.94. The van der Waals surface area contributed by atoms with E-state index in [0.717, 1.165) is 12.0 Å². The van der Waals surface area contributed by atoms with Crippen LogP contribution in [0.2, 0.25) is 0 Å². The Balaban J connectivity index is 1.91. The smallest absolute Gasteiger partial charge is 0.0951 e. The molecule has 3 rings (SSSR count). The van der Waals surface area contributed by atoms with Crippen LogP contribution in [0.5, 0.6) is 0 Å². The molecule has 1 aliphatic carbocycles. The van der Waals surface area contributed by atoms with Gasteiger partial charge in [0.15, 0.2) is 0 Å². The molecule has 0 spiro atoms. The average molecular weight is 317 g/mol. The molecule has 0 bridgehead atoms. The van der Waals surface area contributed by atoms with E-state index in [9.17, 15) is 5.11 Å². The minimum Gasteiger partial charge on any atom is -0.387 e. The Labute approximate surface area is 122 Å². The van der Waals surface area contributed by atoms with Crippen LogP contribution >= 0.6 is 15.9 Å². The summed E-state index contributed by atoms with van der Waals surface area (Å²) in [5.74, 6) is 0. The molecule has 1 N–H and O–H groups in total. The van der Waals surface area contributed by atoms with Crippen LogP contribution in [0.4, 0.5) is 0 Å². The normalized spacial score (nSPS) is 30.9. The molecule has 2 aromatic rings. The zero-order chi connectivity index (χ0) is 13.5. The third-order valence-electron chi connectivity index (χ3n) is 4.36. The quantitative estimate of drug-likeness (QED) is 0.841. The first kappa shape index (κ1) is 12.9. The van der Waals surface area contributed by atoms with E-state index in [2.05, 4.69) is 47.1 Å². The second-order valence-corrected chi connectivity index (χ2v) is 6.97. The first-order valence-electron chi connectivity index (χ1n) is 6.55. The molecule has 19 heavy (non-hydrogen) atoms. The van der Waals surface area contributed by atoms with Gasteiger partial charge in [0, 0.05) is 5.41 Å². The van der Waals surface area contributed by atoms with Gasteiger partial charge >= 0.3 is 0 Å². The predicted molar refractivity (Wildman–Crippen MR) is 81.5 cm³/mol. The molecule has 1 saturated carbocycles. The van der Waals surface area contributed by atoms with E-state index in [0.29, 0.717) is 0 Å². The number of rotatable bonds is 3. The Morgan fingerprint density at radius 1 is 1.00 bits per heavy atom. The summed E-state index contributed by atoms with van der Waals surface area (Å²) in [5, 5.41) is 10.7. The van der Waals surface area contributed by atoms with Gasteiger partial charge in [-0.25, -0.2) is 0 Å². The van der Waals surface area contributed by atoms with Crippen molar-refractivity contribution in [1.29, 1.82) is 0 Å². The number of alkyl halides is 1. The van der Waals surface area contributed by atoms with E-state index >= 15 is 0 Å². The SMILES string of the molecule is C[C@@]1(c2ccccc2)C[C@]1(Br)[C@@H](O)c1ccccc1. The van der Waals surface area contributed by atoms with Gasteiger partial charge in [-0.3, -0.25) is 0 Å². The fourth-order valence-corrected chi connectivity index (χ4v) is 3.97. The van der Waals surface area contributed by atoms with Crippen molar-refractivity contribution in [3.05, 3.63) is 71.8 Å². The van der Waals surface area contributed by atoms with Crippen molar-refractivity contribution in [2.45, 2.75) is 29.2 Å². The molecule has 1 nitrogen and oxygen atoms in total. The molecule has 2 aromatic carbocycles. The van der Waals surface area contributed by atoms with Crippen molar-refractivity contribution in [2.75, 3.05) is 0 Å². The molecule has 1 aliphatic rings. The molecule has 1 fully saturated rings. The van der Waals surface area contributed by atoms with Crippen LogP contribution in [0.15, 0.2) is 60.7 Å². The lowest BCUT2D eigenvalue weighted by Gasteiger charge is -2.23. The summed E-state index contributed by atoms with van der Waals surface area (Å²) in [6.45, 7) is 2.21. The molecule has 98 valence electrons. The van der Waals surface area contributed by atoms with Crippen LogP contribution in [0, 0.1) is 0 Å². The Hall–Kier alpha value is -1.12. The number of aliphatic hydroxyl groups is 1. The summed E-state index contributed by atoms with van der Waals surface area (Å²) in [6.07, 6.45) is 0.457. The van der Waals surface area contributed by atoms with E-state index in [-0.39, 0.29) is 9.74 Å². The number of hydrogen-bond acceptors (Lipinski definition) is 1. The van der Waals surface area contributed by atoms with E-state index in [1.807, 2.05) is 36.4 Å². The lowest BCUT2D eigenvalue weighted by Crippen LogP contribution is -2.23. The summed E-state index contributed by atoms with van der Waals surface area (Å²) in [7, 11) is 0. The average Bonchev–Trinajstić information content (AvgIpc) is 3.05. The second-order valence-electron chi connectivity index (χ2n) is 5.55. The number of halogens is 1. The lowest BCUT2D eigenvalue weighted by atomic mass is 9.91. The summed E-state index contributed by atoms with van der Waals surface area (Å²) in [4.78, 5) is 0. The highest BCUT2D eigenvalue weighted by atomic mass is 79.9. The molecular weight excluding hydrogens is 300 g/mol. The van der Waals surface area contributed by atoms with Gasteiger partial charge in [-0.2, -0.15) is 0 Å². The Morgan fingerprint density at radius 2 is 1.53 bits per heavy atom. The van der Waals surface area contributed by atoms with Crippen LogP contribution in [0.25, 0.3) is 0 Å². The van der Waals surface area contributed by atoms with Crippen LogP contribution < -0.4 is 0 Å². The zero-order valence-corrected chi connectivity index (χ0v) is 12.5. The maximum Gasteiger partial charge on any atom is 0.0951 e. The van der Waals surface area contributed by atoms with Gasteiger partial charge < -0.3 is 5.11 Å². The van der Waals surface area contributed by atoms with Crippen molar-refractivity contribution in [3.63, 3.8) is 0 Å². The highest BCUT2D eigenvalue weighted by Gasteiger charge is 2.67. The Morgan fingerprint density at radius 3 is 2.11 bits per heavy atom. The van der Waals surface area contributed by atoms with Gasteiger partial charge in [0.2, 0.25) is 0 Å². The van der Waals surface area contributed by atoms with Gasteiger partial charge in [0.05, 0.1) is 10.4 Å². The van der Waals surface area contributed by atoms with E-state index < -0.39 is 6.10 Å². The molecule has 0 unspecified atom stereocenters. The topological polar surface area (TPSA) is 20.2 Å². The largest absolute Gasteiger partial charge is 0.387 e. The summed E-state index contributed by atoms with van der Waals surface area (Å²) in [5.41, 5.74) is 2.24. The van der Waals surface area contributed by atoms with Crippen LogP contribution in [0.3, 0.4) is 0 Å². The van der Waals surface area contributed by atoms with Crippen LogP contribution in [-0.4, -0.2) is 9.43 Å². The van der Waals surface area contributed by atoms with Crippen molar-refractivity contribution in [1.82, 2.24) is 0 Å². The standard InChI is InChI=1S/C17H17BrO/c1-16(14-10-6-3-7-11-14)12-17(16,18)15(19)13-8-4-2-5-9-13/h2-11,15,19H,12H2,1H3/t15-,16-,17-/m0/s1. The van der Waals surface area contributed by atoms with Gasteiger partial charge in [-0.1, -0.05) is 83.5 Å². The van der Waals surface area contributed by atoms with Crippen molar-refractivity contribution < 1.29 is 5.11 Å². The van der Waals surface area contributed by atoms with E-state index in [1.165, 1.54) is 5.56 Å². The molecule has 0 radical (unpaired) electrons. The van der Waals surface area contributed by atoms with Crippen molar-refractivity contribution >= 4 is 15.9 Å². The Bertz CT molecular complexity index is 568. The highest BCUT2D eigenvalue weighted by Crippen LogP contribution is 2.68. The molecular formula is C17H17BrO. The summed E-state index contributed by atoms with van der Waals surface area (Å²) >= 11 is 3.80. The first-order valence-corrected chi connectivity index (χ1v) is 7.35. The molecule has 0 aromatic heterocycles. The van der Waals surface area contributed by atoms with Crippen molar-refractivity contribution in [3.8, 4) is 0 Å². The summed E-state index contributed by atoms with van der Waals surface area (Å²) in [6, 6.07) is 20.3.